The van der Waals surface area contributed by atoms with Crippen LogP contribution >= 0.6 is 0 Å². The summed E-state index contributed by atoms with van der Waals surface area (Å²) in [5.74, 6) is 0. The molecule has 0 unspecified atom stereocenters. The fourth-order valence-corrected chi connectivity index (χ4v) is 11.4. The van der Waals surface area contributed by atoms with Crippen molar-refractivity contribution in [3.05, 3.63) is 301 Å². The van der Waals surface area contributed by atoms with Gasteiger partial charge < -0.3 is 9.80 Å². The molecule has 0 aromatic heterocycles. The third-order valence-electron chi connectivity index (χ3n) is 15.9. The molecule has 0 amide bonds. The Hall–Kier alpha value is -9.50. The number of hydrogen-bond acceptors (Lipinski definition) is 2. The molecule has 81 heavy (non-hydrogen) atoms. The van der Waals surface area contributed by atoms with E-state index in [-0.39, 0.29) is 0 Å². The van der Waals surface area contributed by atoms with E-state index in [0.717, 1.165) is 58.1 Å². The van der Waals surface area contributed by atoms with Crippen molar-refractivity contribution in [2.45, 2.75) is 59.8 Å². The number of anilines is 6. The van der Waals surface area contributed by atoms with Gasteiger partial charge in [0.25, 0.3) is 0 Å². The molecular formula is C79H70N2. The van der Waals surface area contributed by atoms with E-state index in [1.807, 2.05) is 12.2 Å². The normalized spacial score (nSPS) is 11.1. The summed E-state index contributed by atoms with van der Waals surface area (Å²) < 4.78 is 0. The number of benzene rings is 11. The van der Waals surface area contributed by atoms with Crippen LogP contribution in [0.1, 0.15) is 66.0 Å². The van der Waals surface area contributed by atoms with Crippen LogP contribution in [0.5, 0.6) is 0 Å². The van der Waals surface area contributed by atoms with Crippen LogP contribution in [0.4, 0.5) is 34.1 Å². The minimum Gasteiger partial charge on any atom is -0.310 e. The van der Waals surface area contributed by atoms with Crippen molar-refractivity contribution in [3.63, 3.8) is 0 Å². The van der Waals surface area contributed by atoms with Crippen LogP contribution in [0, 0.1) is 20.8 Å². The average molecular weight is 1050 g/mol. The predicted molar refractivity (Wildman–Crippen MR) is 351 cm³/mol. The van der Waals surface area contributed by atoms with E-state index < -0.39 is 0 Å². The molecule has 2 heteroatoms. The van der Waals surface area contributed by atoms with Gasteiger partial charge in [0.05, 0.1) is 0 Å². The number of unbranched alkanes of at least 4 members (excludes halogenated alkanes) is 3. The van der Waals surface area contributed by atoms with Crippen LogP contribution in [0.2, 0.25) is 0 Å². The zero-order valence-corrected chi connectivity index (χ0v) is 47.2. The lowest BCUT2D eigenvalue weighted by molar-refractivity contribution is 0.667. The smallest absolute Gasteiger partial charge is 0.0464 e. The van der Waals surface area contributed by atoms with Gasteiger partial charge in [0.2, 0.25) is 0 Å². The molecule has 0 aliphatic heterocycles. The van der Waals surface area contributed by atoms with Gasteiger partial charge >= 0.3 is 0 Å². The second-order valence-corrected chi connectivity index (χ2v) is 21.4. The van der Waals surface area contributed by atoms with E-state index in [1.165, 1.54) is 108 Å². The summed E-state index contributed by atoms with van der Waals surface area (Å²) in [5.41, 5.74) is 28.7. The third-order valence-corrected chi connectivity index (χ3v) is 15.9. The highest BCUT2D eigenvalue weighted by atomic mass is 15.1. The van der Waals surface area contributed by atoms with Gasteiger partial charge in [-0.3, -0.25) is 0 Å². The average Bonchev–Trinajstić information content (AvgIpc) is 3.56. The van der Waals surface area contributed by atoms with Crippen molar-refractivity contribution in [1.82, 2.24) is 0 Å². The predicted octanol–water partition coefficient (Wildman–Crippen LogP) is 23.0. The first-order valence-corrected chi connectivity index (χ1v) is 28.7. The molecule has 11 aromatic rings. The lowest BCUT2D eigenvalue weighted by atomic mass is 9.86. The standard InChI is InChI=1S/C79H70N2/c1-7-10-11-14-23-69-55-78(76-50-48-74(52-56(76)4)80(70-40-32-65(33-41-70)61-19-15-12-16-20-61)72-44-36-67(37-45-72)63-28-24-59(8-2)25-29-63)58(6)54-79(69)77-51-49-75(53-57(77)5)81(71-42-34-66(35-43-71)62-21-17-13-18-22-62)73-46-38-68(39-47-73)64-30-26-60(9-3)27-31-64/h8-9,12-13,15-22,24-55H,2-3,7,10-11,14,23H2,1,4-6H3. The molecule has 0 aliphatic rings. The fourth-order valence-electron chi connectivity index (χ4n) is 11.4. The minimum absolute atomic E-state index is 1.02. The van der Waals surface area contributed by atoms with Gasteiger partial charge in [0.1, 0.15) is 0 Å². The fraction of sp³-hybridized carbons (Fsp3) is 0.114. The van der Waals surface area contributed by atoms with E-state index >= 15 is 0 Å². The Morgan fingerprint density at radius 3 is 0.963 bits per heavy atom. The molecule has 0 N–H and O–H groups in total. The van der Waals surface area contributed by atoms with Gasteiger partial charge in [0.15, 0.2) is 0 Å². The Morgan fingerprint density at radius 2 is 0.617 bits per heavy atom. The molecule has 0 saturated carbocycles. The van der Waals surface area contributed by atoms with E-state index in [1.54, 1.807) is 0 Å². The highest BCUT2D eigenvalue weighted by Gasteiger charge is 2.20. The zero-order valence-electron chi connectivity index (χ0n) is 47.2. The lowest BCUT2D eigenvalue weighted by Gasteiger charge is -2.27. The largest absolute Gasteiger partial charge is 0.310 e. The Morgan fingerprint density at radius 1 is 0.296 bits per heavy atom. The van der Waals surface area contributed by atoms with Gasteiger partial charge in [-0.05, 0) is 207 Å². The maximum atomic E-state index is 3.95. The molecule has 0 bridgehead atoms. The number of rotatable bonds is 19. The van der Waals surface area contributed by atoms with Crippen LogP contribution in [0.3, 0.4) is 0 Å². The Kier molecular flexibility index (Phi) is 16.3. The van der Waals surface area contributed by atoms with Crippen LogP contribution in [-0.2, 0) is 6.42 Å². The zero-order chi connectivity index (χ0) is 55.7. The molecule has 0 fully saturated rings. The first-order valence-electron chi connectivity index (χ1n) is 28.7. The summed E-state index contributed by atoms with van der Waals surface area (Å²) in [4.78, 5) is 4.78. The SMILES string of the molecule is C=Cc1ccc(-c2ccc(N(c3ccc(-c4ccccc4)cc3)c3ccc(-c4cc(CCCCCC)c(-c5ccc(N(c6ccc(-c7ccccc7)cc6)c6ccc(-c7ccc(C=C)cc7)cc6)cc5C)cc4C)c(C)c3)cc2)cc1. The second-order valence-electron chi connectivity index (χ2n) is 21.4. The molecule has 11 aromatic carbocycles. The molecule has 0 atom stereocenters. The molecule has 0 heterocycles. The highest BCUT2D eigenvalue weighted by molar-refractivity contribution is 5.87. The summed E-state index contributed by atoms with van der Waals surface area (Å²) in [7, 11) is 0. The minimum atomic E-state index is 1.02. The van der Waals surface area contributed by atoms with E-state index in [9.17, 15) is 0 Å². The van der Waals surface area contributed by atoms with Gasteiger partial charge in [-0.25, -0.2) is 0 Å². The van der Waals surface area contributed by atoms with Gasteiger partial charge in [0, 0.05) is 34.1 Å². The second kappa shape index (κ2) is 24.7. The molecule has 396 valence electrons. The molecular weight excluding hydrogens is 977 g/mol. The number of aryl methyl sites for hydroxylation is 4. The Labute approximate surface area is 481 Å². The molecule has 2 nitrogen and oxygen atoms in total. The topological polar surface area (TPSA) is 6.48 Å². The maximum absolute atomic E-state index is 3.95. The van der Waals surface area contributed by atoms with Crippen molar-refractivity contribution in [1.29, 1.82) is 0 Å². The summed E-state index contributed by atoms with van der Waals surface area (Å²) in [6, 6.07) is 93.4. The number of hydrogen-bond donors (Lipinski definition) is 0. The van der Waals surface area contributed by atoms with Crippen molar-refractivity contribution in [3.8, 4) is 66.8 Å². The summed E-state index contributed by atoms with van der Waals surface area (Å²) in [6.07, 6.45) is 9.61. The summed E-state index contributed by atoms with van der Waals surface area (Å²) in [5, 5.41) is 0. The Balaban J connectivity index is 0.943. The van der Waals surface area contributed by atoms with E-state index in [4.69, 9.17) is 0 Å². The van der Waals surface area contributed by atoms with Crippen molar-refractivity contribution >= 4 is 46.3 Å². The highest BCUT2D eigenvalue weighted by Crippen LogP contribution is 2.43. The van der Waals surface area contributed by atoms with Crippen molar-refractivity contribution in [2.24, 2.45) is 0 Å². The van der Waals surface area contributed by atoms with Crippen LogP contribution in [-0.4, -0.2) is 0 Å². The lowest BCUT2D eigenvalue weighted by Crippen LogP contribution is -2.10. The molecule has 11 rings (SSSR count). The maximum Gasteiger partial charge on any atom is 0.0464 e. The first-order chi connectivity index (χ1) is 39.7. The monoisotopic (exact) mass is 1050 g/mol. The quantitative estimate of drug-likeness (QED) is 0.0745. The van der Waals surface area contributed by atoms with Gasteiger partial charge in [-0.2, -0.15) is 0 Å². The first kappa shape index (κ1) is 53.5. The molecule has 0 radical (unpaired) electrons. The number of nitrogens with zero attached hydrogens (tertiary/aromatic N) is 2. The molecule has 0 spiro atoms. The summed E-state index contributed by atoms with van der Waals surface area (Å²) >= 11 is 0. The van der Waals surface area contributed by atoms with Crippen LogP contribution in [0.25, 0.3) is 78.9 Å². The van der Waals surface area contributed by atoms with Gasteiger partial charge in [-0.15, -0.1) is 0 Å². The van der Waals surface area contributed by atoms with Crippen molar-refractivity contribution < 1.29 is 0 Å². The molecule has 0 aliphatic carbocycles. The van der Waals surface area contributed by atoms with Crippen molar-refractivity contribution in [2.75, 3.05) is 9.80 Å². The van der Waals surface area contributed by atoms with Gasteiger partial charge in [-0.1, -0.05) is 233 Å². The van der Waals surface area contributed by atoms with Crippen LogP contribution < -0.4 is 9.80 Å². The van der Waals surface area contributed by atoms with Crippen LogP contribution in [0.15, 0.2) is 268 Å². The molecule has 0 saturated heterocycles. The van der Waals surface area contributed by atoms with E-state index in [0.29, 0.717) is 0 Å². The third kappa shape index (κ3) is 11.9. The Bertz CT molecular complexity index is 3910. The van der Waals surface area contributed by atoms with E-state index in [2.05, 4.69) is 305 Å². The summed E-state index contributed by atoms with van der Waals surface area (Å²) in [6.45, 7) is 17.0.